The van der Waals surface area contributed by atoms with Crippen LogP contribution in [0.25, 0.3) is 21.8 Å². The summed E-state index contributed by atoms with van der Waals surface area (Å²) in [6.45, 7) is 2.44. The number of nitrogens with one attached hydrogen (secondary N) is 2. The molecule has 0 spiro atoms. The maximum atomic E-state index is 12.8. The third kappa shape index (κ3) is 4.63. The second-order valence-corrected chi connectivity index (χ2v) is 7.77. The number of aromatic amines is 1. The lowest BCUT2D eigenvalue weighted by atomic mass is 10.0. The smallest absolute Gasteiger partial charge is 0.270 e. The van der Waals surface area contributed by atoms with E-state index in [4.69, 9.17) is 14.9 Å². The summed E-state index contributed by atoms with van der Waals surface area (Å²) in [5.74, 6) is 0.245. The Morgan fingerprint density at radius 3 is 2.62 bits per heavy atom. The van der Waals surface area contributed by atoms with Crippen LogP contribution in [0.3, 0.4) is 0 Å². The van der Waals surface area contributed by atoms with Crippen molar-refractivity contribution < 1.29 is 14.7 Å². The van der Waals surface area contributed by atoms with Crippen molar-refractivity contribution in [3.05, 3.63) is 81.8 Å². The summed E-state index contributed by atoms with van der Waals surface area (Å²) in [6, 6.07) is 17.6. The molecule has 0 radical (unpaired) electrons. The van der Waals surface area contributed by atoms with Crippen molar-refractivity contribution >= 4 is 27.7 Å². The van der Waals surface area contributed by atoms with Crippen molar-refractivity contribution in [3.63, 3.8) is 0 Å². The van der Waals surface area contributed by atoms with E-state index in [0.29, 0.717) is 42.8 Å². The van der Waals surface area contributed by atoms with Gasteiger partial charge in [-0.2, -0.15) is 0 Å². The largest absolute Gasteiger partial charge is 0.493 e. The molecule has 7 nitrogen and oxygen atoms in total. The summed E-state index contributed by atoms with van der Waals surface area (Å²) in [7, 11) is 0. The van der Waals surface area contributed by atoms with Crippen molar-refractivity contribution in [1.29, 1.82) is 0 Å². The Morgan fingerprint density at radius 2 is 1.84 bits per heavy atom. The molecule has 1 amide bonds. The van der Waals surface area contributed by atoms with Gasteiger partial charge in [0.1, 0.15) is 11.4 Å². The maximum absolute atomic E-state index is 12.8. The highest BCUT2D eigenvalue weighted by Gasteiger charge is 2.13. The number of unbranched alkanes of at least 4 members (excludes halogenated alkanes) is 1. The quantitative estimate of drug-likeness (QED) is 0.169. The fourth-order valence-corrected chi connectivity index (χ4v) is 3.78. The minimum Gasteiger partial charge on any atom is -0.493 e. The average molecular weight is 431 g/mol. The van der Waals surface area contributed by atoms with Gasteiger partial charge in [0.2, 0.25) is 5.91 Å². The minimum atomic E-state index is -0.411. The van der Waals surface area contributed by atoms with Crippen LogP contribution in [-0.4, -0.2) is 27.7 Å². The number of aromatic nitrogens is 2. The van der Waals surface area contributed by atoms with Gasteiger partial charge in [0.15, 0.2) is 0 Å². The summed E-state index contributed by atoms with van der Waals surface area (Å²) in [6.07, 6.45) is 1.95. The van der Waals surface area contributed by atoms with E-state index in [1.54, 1.807) is 5.48 Å². The predicted molar refractivity (Wildman–Crippen MR) is 123 cm³/mol. The highest BCUT2D eigenvalue weighted by atomic mass is 16.5. The molecular weight excluding hydrogens is 406 g/mol. The standard InChI is InChI=1S/C25H25N3O4/c1-16-8-2-3-9-17(16)14-21-25(30)27-20-15-22(32-13-7-6-12-23(29)28-31)18-10-4-5-11-19(18)24(20)26-21/h2-5,8-11,15,31H,6-7,12-14H2,1H3,(H,27,30)(H,28,29). The number of aryl methyl sites for hydroxylation is 1. The van der Waals surface area contributed by atoms with Crippen LogP contribution in [0, 0.1) is 6.92 Å². The number of amides is 1. The highest BCUT2D eigenvalue weighted by Crippen LogP contribution is 2.31. The first-order chi connectivity index (χ1) is 15.6. The molecule has 1 heterocycles. The van der Waals surface area contributed by atoms with Crippen LogP contribution in [0.5, 0.6) is 5.75 Å². The van der Waals surface area contributed by atoms with Gasteiger partial charge < -0.3 is 9.72 Å². The molecule has 32 heavy (non-hydrogen) atoms. The summed E-state index contributed by atoms with van der Waals surface area (Å²) in [5.41, 5.74) is 5.45. The van der Waals surface area contributed by atoms with Gasteiger partial charge >= 0.3 is 0 Å². The van der Waals surface area contributed by atoms with Crippen LogP contribution in [0.2, 0.25) is 0 Å². The Bertz CT molecular complexity index is 1330. The van der Waals surface area contributed by atoms with Crippen molar-refractivity contribution in [2.24, 2.45) is 0 Å². The van der Waals surface area contributed by atoms with Gasteiger partial charge in [-0.15, -0.1) is 0 Å². The van der Waals surface area contributed by atoms with E-state index in [0.717, 1.165) is 27.4 Å². The molecule has 0 saturated heterocycles. The Morgan fingerprint density at radius 1 is 1.09 bits per heavy atom. The monoisotopic (exact) mass is 431 g/mol. The Labute approximate surface area is 185 Å². The zero-order valence-corrected chi connectivity index (χ0v) is 17.9. The van der Waals surface area contributed by atoms with Gasteiger partial charge in [-0.25, -0.2) is 10.5 Å². The van der Waals surface area contributed by atoms with Crippen LogP contribution in [0.1, 0.15) is 36.1 Å². The van der Waals surface area contributed by atoms with E-state index in [9.17, 15) is 9.59 Å². The Balaban J connectivity index is 1.65. The number of rotatable bonds is 8. The van der Waals surface area contributed by atoms with Crippen LogP contribution in [0.4, 0.5) is 0 Å². The number of hydrogen-bond donors (Lipinski definition) is 3. The van der Waals surface area contributed by atoms with E-state index < -0.39 is 5.91 Å². The normalized spacial score (nSPS) is 11.1. The van der Waals surface area contributed by atoms with Crippen LogP contribution in [0.15, 0.2) is 59.4 Å². The molecule has 0 aliphatic carbocycles. The molecule has 1 aromatic heterocycles. The third-order valence-electron chi connectivity index (χ3n) is 5.53. The summed E-state index contributed by atoms with van der Waals surface area (Å²) in [5, 5.41) is 10.4. The molecule has 4 aromatic rings. The second kappa shape index (κ2) is 9.62. The zero-order chi connectivity index (χ0) is 22.5. The number of hydroxylamine groups is 1. The number of H-pyrrole nitrogens is 1. The average Bonchev–Trinajstić information content (AvgIpc) is 2.80. The van der Waals surface area contributed by atoms with Gasteiger partial charge in [0.05, 0.1) is 17.6 Å². The topological polar surface area (TPSA) is 104 Å². The fourth-order valence-electron chi connectivity index (χ4n) is 3.78. The lowest BCUT2D eigenvalue weighted by Gasteiger charge is -2.12. The zero-order valence-electron chi connectivity index (χ0n) is 17.9. The SMILES string of the molecule is Cc1ccccc1Cc1nc2c(cc(OCCCCC(=O)NO)c3ccccc32)[nH]c1=O. The minimum absolute atomic E-state index is 0.211. The Kier molecular flexibility index (Phi) is 6.47. The van der Waals surface area contributed by atoms with Crippen LogP contribution >= 0.6 is 0 Å². The number of fused-ring (bicyclic) bond motifs is 3. The van der Waals surface area contributed by atoms with Gasteiger partial charge in [-0.1, -0.05) is 48.5 Å². The van der Waals surface area contributed by atoms with E-state index in [1.165, 1.54) is 0 Å². The van der Waals surface area contributed by atoms with E-state index >= 15 is 0 Å². The van der Waals surface area contributed by atoms with Gasteiger partial charge in [-0.05, 0) is 30.9 Å². The van der Waals surface area contributed by atoms with Crippen molar-refractivity contribution in [1.82, 2.24) is 15.4 Å². The van der Waals surface area contributed by atoms with Crippen molar-refractivity contribution in [2.45, 2.75) is 32.6 Å². The molecule has 3 aromatic carbocycles. The molecule has 0 bridgehead atoms. The molecule has 4 rings (SSSR count). The van der Waals surface area contributed by atoms with Gasteiger partial charge in [0.25, 0.3) is 5.56 Å². The molecule has 0 fully saturated rings. The maximum Gasteiger partial charge on any atom is 0.270 e. The number of ether oxygens (including phenoxy) is 1. The van der Waals surface area contributed by atoms with Crippen molar-refractivity contribution in [2.75, 3.05) is 6.61 Å². The Hall–Kier alpha value is -3.71. The molecule has 0 unspecified atom stereocenters. The first kappa shape index (κ1) is 21.5. The highest BCUT2D eigenvalue weighted by molar-refractivity contribution is 6.07. The number of benzene rings is 3. The first-order valence-corrected chi connectivity index (χ1v) is 10.6. The lowest BCUT2D eigenvalue weighted by molar-refractivity contribution is -0.129. The predicted octanol–water partition coefficient (Wildman–Crippen LogP) is 4.03. The molecule has 3 N–H and O–H groups in total. The van der Waals surface area contributed by atoms with E-state index in [2.05, 4.69) is 4.98 Å². The number of nitrogens with zero attached hydrogens (tertiary/aromatic N) is 1. The van der Waals surface area contributed by atoms with Gasteiger partial charge in [-0.3, -0.25) is 14.8 Å². The molecule has 0 aliphatic heterocycles. The molecule has 0 saturated carbocycles. The van der Waals surface area contributed by atoms with Crippen LogP contribution in [-0.2, 0) is 11.2 Å². The molecule has 0 atom stereocenters. The number of carbonyl (C=O) groups excluding carboxylic acids is 1. The lowest BCUT2D eigenvalue weighted by Crippen LogP contribution is -2.18. The molecule has 0 aliphatic rings. The second-order valence-electron chi connectivity index (χ2n) is 7.77. The van der Waals surface area contributed by atoms with Crippen molar-refractivity contribution in [3.8, 4) is 5.75 Å². The van der Waals surface area contributed by atoms with E-state index in [-0.39, 0.29) is 12.0 Å². The summed E-state index contributed by atoms with van der Waals surface area (Å²) < 4.78 is 5.98. The fraction of sp³-hybridized carbons (Fsp3) is 0.240. The van der Waals surface area contributed by atoms with Crippen LogP contribution < -0.4 is 15.8 Å². The first-order valence-electron chi connectivity index (χ1n) is 10.6. The molecule has 164 valence electrons. The number of carbonyl (C=O) groups is 1. The molecule has 7 heteroatoms. The number of hydrogen-bond acceptors (Lipinski definition) is 5. The summed E-state index contributed by atoms with van der Waals surface area (Å²) in [4.78, 5) is 31.6. The third-order valence-corrected chi connectivity index (χ3v) is 5.53. The van der Waals surface area contributed by atoms with E-state index in [1.807, 2.05) is 61.5 Å². The summed E-state index contributed by atoms with van der Waals surface area (Å²) >= 11 is 0. The molecular formula is C25H25N3O4. The van der Waals surface area contributed by atoms with Gasteiger partial charge in [0, 0.05) is 29.7 Å².